The Bertz CT molecular complexity index is 619. The number of likely N-dealkylation sites (N-methyl/N-ethyl adjacent to an activating group) is 1. The van der Waals surface area contributed by atoms with Crippen LogP contribution >= 0.6 is 22.9 Å². The van der Waals surface area contributed by atoms with Crippen LogP contribution in [0, 0.1) is 13.8 Å². The van der Waals surface area contributed by atoms with E-state index in [2.05, 4.69) is 5.32 Å². The number of halogens is 1. The smallest absolute Gasteiger partial charge is 0.279 e. The molecule has 0 radical (unpaired) electrons. The van der Waals surface area contributed by atoms with E-state index in [1.807, 2.05) is 51.2 Å². The van der Waals surface area contributed by atoms with Gasteiger partial charge >= 0.3 is 0 Å². The SMILES string of the molecule is Cc1cccc(C)c1NC(=O)C[NH+](C)Cc1ccc(Cl)s1. The second-order valence-corrected chi connectivity index (χ2v) is 7.13. The van der Waals surface area contributed by atoms with Crippen molar-refractivity contribution in [2.75, 3.05) is 18.9 Å². The Hall–Kier alpha value is -1.36. The minimum Gasteiger partial charge on any atom is -0.325 e. The fourth-order valence-corrected chi connectivity index (χ4v) is 3.48. The molecule has 3 nitrogen and oxygen atoms in total. The number of quaternary nitrogens is 1. The van der Waals surface area contributed by atoms with Crippen LogP contribution in [0.5, 0.6) is 0 Å². The van der Waals surface area contributed by atoms with E-state index in [9.17, 15) is 4.79 Å². The summed E-state index contributed by atoms with van der Waals surface area (Å²) in [5.41, 5.74) is 3.10. The quantitative estimate of drug-likeness (QED) is 0.871. The third kappa shape index (κ3) is 4.56. The third-order valence-corrected chi connectivity index (χ3v) is 4.54. The van der Waals surface area contributed by atoms with Crippen LogP contribution in [0.2, 0.25) is 4.34 Å². The molecule has 0 saturated heterocycles. The van der Waals surface area contributed by atoms with Crippen LogP contribution in [0.15, 0.2) is 30.3 Å². The molecule has 0 aliphatic carbocycles. The van der Waals surface area contributed by atoms with Crippen LogP contribution in [0.1, 0.15) is 16.0 Å². The van der Waals surface area contributed by atoms with Gasteiger partial charge in [0.05, 0.1) is 16.3 Å². The second kappa shape index (κ2) is 7.07. The van der Waals surface area contributed by atoms with Gasteiger partial charge in [-0.2, -0.15) is 0 Å². The fourth-order valence-electron chi connectivity index (χ4n) is 2.28. The summed E-state index contributed by atoms with van der Waals surface area (Å²) < 4.78 is 0.790. The topological polar surface area (TPSA) is 33.5 Å². The summed E-state index contributed by atoms with van der Waals surface area (Å²) in [7, 11) is 2.01. The molecule has 1 atom stereocenters. The summed E-state index contributed by atoms with van der Waals surface area (Å²) in [5, 5.41) is 3.02. The largest absolute Gasteiger partial charge is 0.325 e. The Balaban J connectivity index is 1.92. The lowest BCUT2D eigenvalue weighted by Gasteiger charge is -2.15. The number of benzene rings is 1. The second-order valence-electron chi connectivity index (χ2n) is 5.33. The van der Waals surface area contributed by atoms with Crippen molar-refractivity contribution in [2.24, 2.45) is 0 Å². The van der Waals surface area contributed by atoms with Gasteiger partial charge in [-0.25, -0.2) is 0 Å². The number of amides is 1. The molecule has 1 aromatic carbocycles. The first-order valence-electron chi connectivity index (χ1n) is 6.87. The van der Waals surface area contributed by atoms with E-state index in [-0.39, 0.29) is 5.91 Å². The van der Waals surface area contributed by atoms with Crippen LogP contribution in [-0.2, 0) is 11.3 Å². The first-order valence-corrected chi connectivity index (χ1v) is 8.06. The Labute approximate surface area is 134 Å². The Morgan fingerprint density at radius 2 is 1.90 bits per heavy atom. The zero-order valence-corrected chi connectivity index (χ0v) is 14.1. The molecule has 1 amide bonds. The number of hydrogen-bond donors (Lipinski definition) is 2. The van der Waals surface area contributed by atoms with Gasteiger partial charge in [0.25, 0.3) is 5.91 Å². The number of carbonyl (C=O) groups is 1. The van der Waals surface area contributed by atoms with Crippen molar-refractivity contribution in [2.45, 2.75) is 20.4 Å². The monoisotopic (exact) mass is 323 g/mol. The van der Waals surface area contributed by atoms with E-state index in [4.69, 9.17) is 11.6 Å². The van der Waals surface area contributed by atoms with Crippen molar-refractivity contribution in [3.05, 3.63) is 50.7 Å². The number of carbonyl (C=O) groups excluding carboxylic acids is 1. The molecule has 0 spiro atoms. The fraction of sp³-hybridized carbons (Fsp3) is 0.312. The predicted octanol–water partition coefficient (Wildman–Crippen LogP) is 2.67. The number of nitrogens with one attached hydrogen (secondary N) is 2. The molecular weight excluding hydrogens is 304 g/mol. The molecule has 1 heterocycles. The van der Waals surface area contributed by atoms with Crippen molar-refractivity contribution in [3.63, 3.8) is 0 Å². The Morgan fingerprint density at radius 3 is 2.48 bits per heavy atom. The molecule has 1 aromatic heterocycles. The molecule has 0 saturated carbocycles. The molecule has 5 heteroatoms. The maximum Gasteiger partial charge on any atom is 0.279 e. The summed E-state index contributed by atoms with van der Waals surface area (Å²) in [4.78, 5) is 14.5. The van der Waals surface area contributed by atoms with Crippen LogP contribution in [-0.4, -0.2) is 19.5 Å². The highest BCUT2D eigenvalue weighted by Gasteiger charge is 2.13. The van der Waals surface area contributed by atoms with Crippen molar-refractivity contribution in [1.29, 1.82) is 0 Å². The molecule has 0 aliphatic heterocycles. The van der Waals surface area contributed by atoms with E-state index in [1.54, 1.807) is 11.3 Å². The van der Waals surface area contributed by atoms with Gasteiger partial charge in [-0.3, -0.25) is 4.79 Å². The summed E-state index contributed by atoms with van der Waals surface area (Å²) in [6.45, 7) is 5.25. The van der Waals surface area contributed by atoms with Crippen LogP contribution in [0.25, 0.3) is 0 Å². The summed E-state index contributed by atoms with van der Waals surface area (Å²) in [5.74, 6) is 0.0348. The van der Waals surface area contributed by atoms with Gasteiger partial charge in [-0.15, -0.1) is 11.3 Å². The molecule has 0 fully saturated rings. The zero-order valence-electron chi connectivity index (χ0n) is 12.5. The number of thiophene rings is 1. The van der Waals surface area contributed by atoms with E-state index >= 15 is 0 Å². The highest BCUT2D eigenvalue weighted by Crippen LogP contribution is 2.20. The Kier molecular flexibility index (Phi) is 5.39. The highest BCUT2D eigenvalue weighted by atomic mass is 35.5. The first-order chi connectivity index (χ1) is 9.95. The summed E-state index contributed by atoms with van der Waals surface area (Å²) >= 11 is 7.49. The van der Waals surface area contributed by atoms with Gasteiger partial charge in [-0.1, -0.05) is 29.8 Å². The zero-order chi connectivity index (χ0) is 15.4. The van der Waals surface area contributed by atoms with Gasteiger partial charge in [-0.05, 0) is 37.1 Å². The number of rotatable bonds is 5. The molecule has 0 aliphatic rings. The number of para-hydroxylation sites is 1. The number of hydrogen-bond acceptors (Lipinski definition) is 2. The maximum absolute atomic E-state index is 12.2. The predicted molar refractivity (Wildman–Crippen MR) is 89.3 cm³/mol. The number of aryl methyl sites for hydroxylation is 2. The minimum atomic E-state index is 0.0348. The molecule has 112 valence electrons. The lowest BCUT2D eigenvalue weighted by Crippen LogP contribution is -3.08. The van der Waals surface area contributed by atoms with Crippen LogP contribution < -0.4 is 10.2 Å². The van der Waals surface area contributed by atoms with Gasteiger partial charge in [0.2, 0.25) is 0 Å². The van der Waals surface area contributed by atoms with Gasteiger partial charge in [0.15, 0.2) is 6.54 Å². The van der Waals surface area contributed by atoms with Crippen molar-refractivity contribution in [3.8, 4) is 0 Å². The molecule has 21 heavy (non-hydrogen) atoms. The number of anilines is 1. The molecule has 2 N–H and O–H groups in total. The maximum atomic E-state index is 12.2. The molecule has 0 bridgehead atoms. The van der Waals surface area contributed by atoms with Crippen LogP contribution in [0.4, 0.5) is 5.69 Å². The van der Waals surface area contributed by atoms with E-state index < -0.39 is 0 Å². The Morgan fingerprint density at radius 1 is 1.24 bits per heavy atom. The van der Waals surface area contributed by atoms with E-state index in [1.165, 1.54) is 4.88 Å². The van der Waals surface area contributed by atoms with Crippen molar-refractivity contribution >= 4 is 34.5 Å². The first kappa shape index (κ1) is 16.0. The van der Waals surface area contributed by atoms with Crippen LogP contribution in [0.3, 0.4) is 0 Å². The van der Waals surface area contributed by atoms with Gasteiger partial charge in [0, 0.05) is 5.69 Å². The van der Waals surface area contributed by atoms with Crippen molar-refractivity contribution in [1.82, 2.24) is 0 Å². The molecule has 1 unspecified atom stereocenters. The van der Waals surface area contributed by atoms with E-state index in [0.29, 0.717) is 6.54 Å². The molecule has 2 rings (SSSR count). The van der Waals surface area contributed by atoms with Gasteiger partial charge in [0.1, 0.15) is 6.54 Å². The summed E-state index contributed by atoms with van der Waals surface area (Å²) in [6, 6.07) is 9.92. The van der Waals surface area contributed by atoms with Crippen molar-refractivity contribution < 1.29 is 9.69 Å². The molecular formula is C16H20ClN2OS+. The normalized spacial score (nSPS) is 12.2. The van der Waals surface area contributed by atoms with Gasteiger partial charge < -0.3 is 10.2 Å². The minimum absolute atomic E-state index is 0.0348. The molecule has 2 aromatic rings. The lowest BCUT2D eigenvalue weighted by molar-refractivity contribution is -0.884. The highest BCUT2D eigenvalue weighted by molar-refractivity contribution is 7.16. The third-order valence-electron chi connectivity index (χ3n) is 3.31. The standard InChI is InChI=1S/C16H19ClN2OS/c1-11-5-4-6-12(2)16(11)18-15(20)10-19(3)9-13-7-8-14(17)21-13/h4-8H,9-10H2,1-3H3,(H,18,20)/p+1. The lowest BCUT2D eigenvalue weighted by atomic mass is 10.1. The average Bonchev–Trinajstić information content (AvgIpc) is 2.79. The van der Waals surface area contributed by atoms with E-state index in [0.717, 1.165) is 32.6 Å². The summed E-state index contributed by atoms with van der Waals surface area (Å²) in [6.07, 6.45) is 0. The average molecular weight is 324 g/mol.